The zero-order chi connectivity index (χ0) is 22.1. The molecule has 0 spiro atoms. The number of alkyl halides is 3. The maximum absolute atomic E-state index is 13.6. The third-order valence-corrected chi connectivity index (χ3v) is 5.08. The highest BCUT2D eigenvalue weighted by molar-refractivity contribution is 5.95. The number of piperidine rings is 1. The molecule has 0 saturated carbocycles. The molecule has 1 aliphatic heterocycles. The molecule has 1 fully saturated rings. The van der Waals surface area contributed by atoms with Crippen LogP contribution in [0.5, 0.6) is 0 Å². The second-order valence-electron chi connectivity index (χ2n) is 8.28. The van der Waals surface area contributed by atoms with E-state index in [-0.39, 0.29) is 25.9 Å². The largest absolute Gasteiger partial charge is 0.393 e. The molecule has 1 aromatic carbocycles. The highest BCUT2D eigenvalue weighted by Crippen LogP contribution is 2.37. The smallest absolute Gasteiger partial charge is 0.390 e. The third kappa shape index (κ3) is 5.00. The van der Waals surface area contributed by atoms with Gasteiger partial charge in [0.15, 0.2) is 0 Å². The van der Waals surface area contributed by atoms with Crippen LogP contribution in [0.4, 0.5) is 18.9 Å². The summed E-state index contributed by atoms with van der Waals surface area (Å²) >= 11 is 0. The van der Waals surface area contributed by atoms with Crippen molar-refractivity contribution in [2.75, 3.05) is 18.0 Å². The molecule has 0 aliphatic carbocycles. The number of aromatic nitrogens is 1. The molecule has 1 aliphatic rings. The van der Waals surface area contributed by atoms with Crippen LogP contribution >= 0.6 is 0 Å². The Balaban J connectivity index is 1.93. The van der Waals surface area contributed by atoms with Gasteiger partial charge in [-0.25, -0.2) is 0 Å². The van der Waals surface area contributed by atoms with Gasteiger partial charge < -0.3 is 15.3 Å². The SMILES string of the molecule is CC(C)(O)CC(=O)NC1CC(C(F)(F)F)CN(c2ccc(C#N)c3ncccc23)C1. The fourth-order valence-electron chi connectivity index (χ4n) is 3.83. The lowest BCUT2D eigenvalue weighted by Gasteiger charge is -2.40. The van der Waals surface area contributed by atoms with Gasteiger partial charge in [-0.15, -0.1) is 0 Å². The second-order valence-corrected chi connectivity index (χ2v) is 8.28. The van der Waals surface area contributed by atoms with E-state index in [4.69, 9.17) is 0 Å². The molecule has 0 radical (unpaired) electrons. The molecule has 9 heteroatoms. The zero-order valence-corrected chi connectivity index (χ0v) is 16.7. The number of nitrogens with one attached hydrogen (secondary N) is 1. The first-order valence-electron chi connectivity index (χ1n) is 9.59. The molecular formula is C21H23F3N4O2. The highest BCUT2D eigenvalue weighted by atomic mass is 19.4. The van der Waals surface area contributed by atoms with Crippen LogP contribution in [0.25, 0.3) is 10.9 Å². The van der Waals surface area contributed by atoms with Crippen LogP contribution in [0.3, 0.4) is 0 Å². The van der Waals surface area contributed by atoms with Gasteiger partial charge in [-0.05, 0) is 44.5 Å². The number of aliphatic hydroxyl groups is 1. The van der Waals surface area contributed by atoms with Crippen molar-refractivity contribution in [3.8, 4) is 6.07 Å². The van der Waals surface area contributed by atoms with Crippen molar-refractivity contribution in [2.24, 2.45) is 5.92 Å². The Morgan fingerprint density at radius 3 is 2.70 bits per heavy atom. The number of hydrogen-bond acceptors (Lipinski definition) is 5. The Hall–Kier alpha value is -2.86. The summed E-state index contributed by atoms with van der Waals surface area (Å²) in [6.45, 7) is 2.86. The molecular weight excluding hydrogens is 397 g/mol. The predicted octanol–water partition coefficient (Wildman–Crippen LogP) is 3.14. The van der Waals surface area contributed by atoms with Gasteiger partial charge in [-0.1, -0.05) is 0 Å². The number of fused-ring (bicyclic) bond motifs is 1. The molecule has 2 heterocycles. The van der Waals surface area contributed by atoms with E-state index in [1.807, 2.05) is 6.07 Å². The molecule has 6 nitrogen and oxygen atoms in total. The molecule has 1 aromatic heterocycles. The number of benzene rings is 1. The number of amides is 1. The van der Waals surface area contributed by atoms with E-state index in [1.165, 1.54) is 20.0 Å². The van der Waals surface area contributed by atoms with Gasteiger partial charge in [0, 0.05) is 36.4 Å². The lowest BCUT2D eigenvalue weighted by Crippen LogP contribution is -2.54. The maximum Gasteiger partial charge on any atom is 0.393 e. The Labute approximate surface area is 172 Å². The van der Waals surface area contributed by atoms with Gasteiger partial charge in [-0.2, -0.15) is 18.4 Å². The van der Waals surface area contributed by atoms with Crippen molar-refractivity contribution < 1.29 is 23.1 Å². The van der Waals surface area contributed by atoms with Gasteiger partial charge in [0.1, 0.15) is 6.07 Å². The van der Waals surface area contributed by atoms with Gasteiger partial charge in [-0.3, -0.25) is 9.78 Å². The van der Waals surface area contributed by atoms with Crippen molar-refractivity contribution in [1.82, 2.24) is 10.3 Å². The molecule has 1 saturated heterocycles. The number of pyridine rings is 1. The second kappa shape index (κ2) is 8.11. The Kier molecular flexibility index (Phi) is 5.90. The minimum atomic E-state index is -4.42. The summed E-state index contributed by atoms with van der Waals surface area (Å²) in [4.78, 5) is 18.0. The fourth-order valence-corrected chi connectivity index (χ4v) is 3.83. The lowest BCUT2D eigenvalue weighted by atomic mass is 9.92. The van der Waals surface area contributed by atoms with E-state index in [0.29, 0.717) is 22.2 Å². The average Bonchev–Trinajstić information content (AvgIpc) is 2.64. The summed E-state index contributed by atoms with van der Waals surface area (Å²) in [5, 5.41) is 22.3. The van der Waals surface area contributed by atoms with E-state index in [1.54, 1.807) is 29.2 Å². The number of halogens is 3. The number of carbonyl (C=O) groups is 1. The first-order chi connectivity index (χ1) is 14.0. The number of nitrogens with zero attached hydrogens (tertiary/aromatic N) is 3. The van der Waals surface area contributed by atoms with Crippen LogP contribution in [0.1, 0.15) is 32.3 Å². The van der Waals surface area contributed by atoms with Crippen molar-refractivity contribution in [3.63, 3.8) is 0 Å². The molecule has 2 N–H and O–H groups in total. The van der Waals surface area contributed by atoms with Crippen LogP contribution < -0.4 is 10.2 Å². The van der Waals surface area contributed by atoms with E-state index in [2.05, 4.69) is 10.3 Å². The van der Waals surface area contributed by atoms with Crippen LogP contribution in [0, 0.1) is 17.2 Å². The molecule has 1 amide bonds. The maximum atomic E-state index is 13.6. The zero-order valence-electron chi connectivity index (χ0n) is 16.7. The summed E-state index contributed by atoms with van der Waals surface area (Å²) in [5.74, 6) is -2.12. The van der Waals surface area contributed by atoms with Crippen LogP contribution in [0.2, 0.25) is 0 Å². The van der Waals surface area contributed by atoms with E-state index >= 15 is 0 Å². The van der Waals surface area contributed by atoms with Crippen molar-refractivity contribution >= 4 is 22.5 Å². The van der Waals surface area contributed by atoms with Gasteiger partial charge in [0.2, 0.25) is 5.91 Å². The van der Waals surface area contributed by atoms with Crippen molar-refractivity contribution in [3.05, 3.63) is 36.0 Å². The van der Waals surface area contributed by atoms with Gasteiger partial charge >= 0.3 is 6.18 Å². The van der Waals surface area contributed by atoms with Gasteiger partial charge in [0.05, 0.1) is 29.0 Å². The highest BCUT2D eigenvalue weighted by Gasteiger charge is 2.45. The number of rotatable bonds is 4. The van der Waals surface area contributed by atoms with E-state index < -0.39 is 29.6 Å². The van der Waals surface area contributed by atoms with E-state index in [0.717, 1.165) is 0 Å². The van der Waals surface area contributed by atoms with Gasteiger partial charge in [0.25, 0.3) is 0 Å². The first kappa shape index (κ1) is 21.8. The molecule has 160 valence electrons. The molecule has 0 bridgehead atoms. The standard InChI is InChI=1S/C21H23F3N4O2/c1-20(2,30)9-18(29)27-15-8-14(21(22,23)24)11-28(12-15)17-6-5-13(10-25)19-16(17)4-3-7-26-19/h3-7,14-15,30H,8-9,11-12H2,1-2H3,(H,27,29). The molecule has 3 rings (SSSR count). The number of anilines is 1. The van der Waals surface area contributed by atoms with Crippen LogP contribution in [0.15, 0.2) is 30.5 Å². The van der Waals surface area contributed by atoms with Crippen molar-refractivity contribution in [1.29, 1.82) is 5.26 Å². The first-order valence-corrected chi connectivity index (χ1v) is 9.59. The number of nitriles is 1. The number of hydrogen-bond donors (Lipinski definition) is 2. The molecule has 30 heavy (non-hydrogen) atoms. The molecule has 2 atom stereocenters. The summed E-state index contributed by atoms with van der Waals surface area (Å²) < 4.78 is 40.8. The summed E-state index contributed by atoms with van der Waals surface area (Å²) in [5.41, 5.74) is 0.0486. The third-order valence-electron chi connectivity index (χ3n) is 5.08. The summed E-state index contributed by atoms with van der Waals surface area (Å²) in [6.07, 6.45) is -3.33. The van der Waals surface area contributed by atoms with Crippen LogP contribution in [-0.4, -0.2) is 46.9 Å². The van der Waals surface area contributed by atoms with Crippen LogP contribution in [-0.2, 0) is 4.79 Å². The normalized spacial score (nSPS) is 20.1. The minimum Gasteiger partial charge on any atom is -0.390 e. The van der Waals surface area contributed by atoms with Crippen molar-refractivity contribution in [2.45, 2.75) is 44.5 Å². The minimum absolute atomic E-state index is 0.181. The predicted molar refractivity (Wildman–Crippen MR) is 106 cm³/mol. The summed E-state index contributed by atoms with van der Waals surface area (Å²) in [6, 6.07) is 7.87. The average molecular weight is 420 g/mol. The van der Waals surface area contributed by atoms with E-state index in [9.17, 15) is 28.3 Å². The summed E-state index contributed by atoms with van der Waals surface area (Å²) in [7, 11) is 0. The Bertz CT molecular complexity index is 979. The Morgan fingerprint density at radius 1 is 1.33 bits per heavy atom. The number of carbonyl (C=O) groups excluding carboxylic acids is 1. The quantitative estimate of drug-likeness (QED) is 0.793. The Morgan fingerprint density at radius 2 is 2.07 bits per heavy atom. The molecule has 2 aromatic rings. The fraction of sp³-hybridized carbons (Fsp3) is 0.476. The lowest BCUT2D eigenvalue weighted by molar-refractivity contribution is -0.178. The monoisotopic (exact) mass is 420 g/mol. The molecule has 2 unspecified atom stereocenters. The topological polar surface area (TPSA) is 89.2 Å².